The number of allylic oxidation sites excluding steroid dienone is 20. The Morgan fingerprint density at radius 3 is 1.20 bits per heavy atom. The molecule has 2 unspecified atom stereocenters. The van der Waals surface area contributed by atoms with Gasteiger partial charge < -0.3 is 20.1 Å². The number of phosphoric ester groups is 1. The number of carbonyl (C=O) groups excluding carboxylic acids is 1. The van der Waals surface area contributed by atoms with E-state index in [1.165, 1.54) is 57.8 Å². The third-order valence-electron chi connectivity index (χ3n) is 10.4. The van der Waals surface area contributed by atoms with Crippen LogP contribution in [0.5, 0.6) is 0 Å². The molecule has 0 amide bonds. The van der Waals surface area contributed by atoms with Gasteiger partial charge in [0.2, 0.25) is 0 Å². The fourth-order valence-electron chi connectivity index (χ4n) is 6.64. The van der Waals surface area contributed by atoms with E-state index in [1.54, 1.807) is 0 Å². The van der Waals surface area contributed by atoms with E-state index in [2.05, 4.69) is 135 Å². The van der Waals surface area contributed by atoms with Gasteiger partial charge in [0.05, 0.1) is 19.8 Å². The standard InChI is InChI=1S/C57H96NO7P/c1-3-5-7-9-11-13-15-17-19-21-23-25-26-27-28-29-31-33-35-37-39-41-43-45-47-49-52-62-54-56(55-64-66(60,61)63-53-51-58)65-57(59)50-48-46-44-42-40-38-36-34-32-30-24-22-20-18-16-14-12-10-8-6-4-2/h5-8,11-14,17-20,23-25,27-28,30-31,33,56H,3-4,9-10,15-16,21-22,26,29,32,34-55,58H2,1-2H3,(H,60,61)/b7-5-,8-6-,13-11-,14-12-,19-17-,20-18-,25-23-,28-27-,30-24-,33-31-. The highest BCUT2D eigenvalue weighted by Gasteiger charge is 2.25. The summed E-state index contributed by atoms with van der Waals surface area (Å²) in [6.45, 7) is 4.64. The third-order valence-corrected chi connectivity index (χ3v) is 11.4. The van der Waals surface area contributed by atoms with Gasteiger partial charge in [-0.3, -0.25) is 13.8 Å². The van der Waals surface area contributed by atoms with Crippen LogP contribution >= 0.6 is 7.82 Å². The van der Waals surface area contributed by atoms with E-state index < -0.39 is 13.9 Å². The molecule has 0 radical (unpaired) electrons. The van der Waals surface area contributed by atoms with Gasteiger partial charge in [0.25, 0.3) is 0 Å². The van der Waals surface area contributed by atoms with Gasteiger partial charge in [0.15, 0.2) is 0 Å². The summed E-state index contributed by atoms with van der Waals surface area (Å²) in [5, 5.41) is 0. The van der Waals surface area contributed by atoms with Crippen molar-refractivity contribution in [3.8, 4) is 0 Å². The number of hydrogen-bond acceptors (Lipinski definition) is 7. The normalized spacial score (nSPS) is 14.3. The highest BCUT2D eigenvalue weighted by atomic mass is 31.2. The average Bonchev–Trinajstić information content (AvgIpc) is 3.31. The zero-order valence-electron chi connectivity index (χ0n) is 41.9. The molecule has 0 aliphatic rings. The molecule has 0 aliphatic heterocycles. The van der Waals surface area contributed by atoms with Crippen molar-refractivity contribution >= 4 is 13.8 Å². The molecule has 0 saturated heterocycles. The summed E-state index contributed by atoms with van der Waals surface area (Å²) >= 11 is 0. The molecule has 0 fully saturated rings. The molecule has 0 spiro atoms. The molecule has 0 aromatic rings. The third kappa shape index (κ3) is 51.9. The van der Waals surface area contributed by atoms with Crippen LogP contribution in [0.25, 0.3) is 0 Å². The molecule has 0 rings (SSSR count). The van der Waals surface area contributed by atoms with Crippen molar-refractivity contribution in [1.29, 1.82) is 0 Å². The van der Waals surface area contributed by atoms with Crippen molar-refractivity contribution in [3.63, 3.8) is 0 Å². The highest BCUT2D eigenvalue weighted by Crippen LogP contribution is 2.43. The number of rotatable bonds is 48. The van der Waals surface area contributed by atoms with Crippen LogP contribution in [0.2, 0.25) is 0 Å². The van der Waals surface area contributed by atoms with E-state index in [4.69, 9.17) is 24.3 Å². The topological polar surface area (TPSA) is 117 Å². The predicted octanol–water partition coefficient (Wildman–Crippen LogP) is 16.5. The molecule has 8 nitrogen and oxygen atoms in total. The molecule has 3 N–H and O–H groups in total. The lowest BCUT2D eigenvalue weighted by atomic mass is 10.1. The SMILES string of the molecule is CC/C=C\C/C=C\C/C=C\C/C=C\C/C=C\C/C=C\CCCCCCCCCOCC(COP(=O)(O)OCCN)OC(=O)CCCCCCCCCC/C=C\C/C=C\C/C=C\C/C=C\CC. The molecule has 9 heteroatoms. The van der Waals surface area contributed by atoms with Gasteiger partial charge in [-0.05, 0) is 103 Å². The summed E-state index contributed by atoms with van der Waals surface area (Å²) in [7, 11) is -4.30. The zero-order chi connectivity index (χ0) is 48.0. The lowest BCUT2D eigenvalue weighted by molar-refractivity contribution is -0.154. The van der Waals surface area contributed by atoms with Gasteiger partial charge >= 0.3 is 13.8 Å². The molecule has 0 saturated carbocycles. The van der Waals surface area contributed by atoms with Crippen molar-refractivity contribution < 1.29 is 32.8 Å². The number of esters is 1. The van der Waals surface area contributed by atoms with Crippen molar-refractivity contribution in [2.24, 2.45) is 5.73 Å². The Bertz CT molecular complexity index is 1420. The first-order valence-electron chi connectivity index (χ1n) is 26.0. The number of nitrogens with two attached hydrogens (primary N) is 1. The smallest absolute Gasteiger partial charge is 0.457 e. The Labute approximate surface area is 405 Å². The van der Waals surface area contributed by atoms with Crippen LogP contribution in [0.15, 0.2) is 122 Å². The summed E-state index contributed by atoms with van der Waals surface area (Å²) in [4.78, 5) is 22.6. The van der Waals surface area contributed by atoms with Crippen LogP contribution in [-0.4, -0.2) is 49.9 Å². The zero-order valence-corrected chi connectivity index (χ0v) is 42.8. The van der Waals surface area contributed by atoms with Gasteiger partial charge in [0.1, 0.15) is 6.10 Å². The molecule has 66 heavy (non-hydrogen) atoms. The van der Waals surface area contributed by atoms with Gasteiger partial charge in [-0.1, -0.05) is 206 Å². The van der Waals surface area contributed by atoms with Crippen LogP contribution in [0, 0.1) is 0 Å². The Balaban J connectivity index is 4.03. The number of ether oxygens (including phenoxy) is 2. The van der Waals surface area contributed by atoms with E-state index in [0.29, 0.717) is 13.0 Å². The summed E-state index contributed by atoms with van der Waals surface area (Å²) < 4.78 is 33.6. The van der Waals surface area contributed by atoms with Crippen molar-refractivity contribution in [2.75, 3.05) is 33.0 Å². The van der Waals surface area contributed by atoms with Gasteiger partial charge in [-0.2, -0.15) is 0 Å². The number of phosphoric acid groups is 1. The lowest BCUT2D eigenvalue weighted by Gasteiger charge is -2.20. The summed E-state index contributed by atoms with van der Waals surface area (Å²) in [5.41, 5.74) is 5.39. The number of carbonyl (C=O) groups is 1. The Hall–Kier alpha value is -3.10. The Kier molecular flexibility index (Phi) is 50.4. The van der Waals surface area contributed by atoms with Gasteiger partial charge in [-0.25, -0.2) is 4.57 Å². The second-order valence-corrected chi connectivity index (χ2v) is 18.1. The van der Waals surface area contributed by atoms with E-state index >= 15 is 0 Å². The molecular weight excluding hydrogens is 842 g/mol. The minimum absolute atomic E-state index is 0.0897. The highest BCUT2D eigenvalue weighted by molar-refractivity contribution is 7.47. The Morgan fingerprint density at radius 1 is 0.455 bits per heavy atom. The van der Waals surface area contributed by atoms with Crippen molar-refractivity contribution in [3.05, 3.63) is 122 Å². The maximum absolute atomic E-state index is 12.7. The summed E-state index contributed by atoms with van der Waals surface area (Å²) in [6, 6.07) is 0. The molecule has 2 atom stereocenters. The first-order valence-corrected chi connectivity index (χ1v) is 27.5. The summed E-state index contributed by atoms with van der Waals surface area (Å²) in [5.74, 6) is -0.348. The molecule has 0 heterocycles. The molecule has 0 aromatic carbocycles. The Morgan fingerprint density at radius 2 is 0.803 bits per heavy atom. The first-order chi connectivity index (χ1) is 32.4. The largest absolute Gasteiger partial charge is 0.472 e. The van der Waals surface area contributed by atoms with Gasteiger partial charge in [-0.15, -0.1) is 0 Å². The van der Waals surface area contributed by atoms with Crippen molar-refractivity contribution in [1.82, 2.24) is 0 Å². The minimum atomic E-state index is -4.30. The predicted molar refractivity (Wildman–Crippen MR) is 284 cm³/mol. The van der Waals surface area contributed by atoms with Crippen LogP contribution in [-0.2, 0) is 27.9 Å². The monoisotopic (exact) mass is 938 g/mol. The fraction of sp³-hybridized carbons (Fsp3) is 0.632. The maximum Gasteiger partial charge on any atom is 0.472 e. The van der Waals surface area contributed by atoms with E-state index in [1.807, 2.05) is 0 Å². The molecule has 0 aliphatic carbocycles. The van der Waals surface area contributed by atoms with E-state index in [0.717, 1.165) is 116 Å². The summed E-state index contributed by atoms with van der Waals surface area (Å²) in [6.07, 6.45) is 73.7. The number of unbranched alkanes of at least 4 members (excludes halogenated alkanes) is 15. The lowest BCUT2D eigenvalue weighted by Crippen LogP contribution is -2.28. The first kappa shape index (κ1) is 62.9. The molecule has 0 aromatic heterocycles. The molecule has 376 valence electrons. The second-order valence-electron chi connectivity index (χ2n) is 16.6. The van der Waals surface area contributed by atoms with E-state index in [9.17, 15) is 14.3 Å². The quantitative estimate of drug-likeness (QED) is 0.0268. The number of hydrogen-bond donors (Lipinski definition) is 2. The average molecular weight is 938 g/mol. The molecular formula is C57H96NO7P. The van der Waals surface area contributed by atoms with Crippen LogP contribution in [0.3, 0.4) is 0 Å². The maximum atomic E-state index is 12.7. The minimum Gasteiger partial charge on any atom is -0.457 e. The van der Waals surface area contributed by atoms with Crippen molar-refractivity contribution in [2.45, 2.75) is 200 Å². The molecule has 0 bridgehead atoms. The van der Waals surface area contributed by atoms with Crippen LogP contribution in [0.4, 0.5) is 0 Å². The second kappa shape index (κ2) is 52.9. The van der Waals surface area contributed by atoms with Gasteiger partial charge in [0, 0.05) is 19.6 Å². The fourth-order valence-corrected chi connectivity index (χ4v) is 7.40. The van der Waals surface area contributed by atoms with Crippen LogP contribution < -0.4 is 5.73 Å². The van der Waals surface area contributed by atoms with E-state index in [-0.39, 0.29) is 32.3 Å². The van der Waals surface area contributed by atoms with Crippen LogP contribution in [0.1, 0.15) is 194 Å².